The van der Waals surface area contributed by atoms with Crippen LogP contribution in [-0.2, 0) is 0 Å². The van der Waals surface area contributed by atoms with Crippen LogP contribution in [0, 0.1) is 17.8 Å². The van der Waals surface area contributed by atoms with Crippen LogP contribution < -0.4 is 5.32 Å². The summed E-state index contributed by atoms with van der Waals surface area (Å²) in [6.45, 7) is 1.12. The molecule has 80 valence electrons. The Labute approximate surface area is 88.0 Å². The van der Waals surface area contributed by atoms with Crippen LogP contribution >= 0.6 is 0 Å². The van der Waals surface area contributed by atoms with E-state index >= 15 is 0 Å². The molecule has 2 saturated carbocycles. The van der Waals surface area contributed by atoms with Gasteiger partial charge in [0.15, 0.2) is 0 Å². The molecule has 14 heavy (non-hydrogen) atoms. The maximum absolute atomic E-state index is 3.17. The van der Waals surface area contributed by atoms with Gasteiger partial charge in [-0.2, -0.15) is 0 Å². The fourth-order valence-electron chi connectivity index (χ4n) is 3.28. The second-order valence-corrected chi connectivity index (χ2v) is 5.03. The fourth-order valence-corrected chi connectivity index (χ4v) is 3.28. The lowest BCUT2D eigenvalue weighted by atomic mass is 9.86. The smallest absolute Gasteiger partial charge is 0.00173 e. The van der Waals surface area contributed by atoms with Crippen LogP contribution in [0.2, 0.25) is 0 Å². The highest BCUT2D eigenvalue weighted by molar-refractivity contribution is 4.94. The average Bonchev–Trinajstić information content (AvgIpc) is 2.79. The average molecular weight is 193 g/mol. The predicted octanol–water partition coefficient (Wildman–Crippen LogP) is 2.98. The second kappa shape index (κ2) is 4.97. The van der Waals surface area contributed by atoms with Crippen LogP contribution in [-0.4, -0.2) is 13.6 Å². The molecule has 2 fully saturated rings. The monoisotopic (exact) mass is 193 g/mol. The van der Waals surface area contributed by atoms with Gasteiger partial charge in [0, 0.05) is 0 Å². The van der Waals surface area contributed by atoms with Crippen LogP contribution in [0.1, 0.15) is 38.5 Å². The normalized spacial score (nSPS) is 35.9. The van der Waals surface area contributed by atoms with E-state index in [-0.39, 0.29) is 0 Å². The van der Waals surface area contributed by atoms with Gasteiger partial charge in [-0.15, -0.1) is 0 Å². The van der Waals surface area contributed by atoms with E-state index in [4.69, 9.17) is 0 Å². The lowest BCUT2D eigenvalue weighted by Gasteiger charge is -2.19. The highest BCUT2D eigenvalue weighted by Crippen LogP contribution is 2.49. The molecule has 1 heteroatoms. The number of rotatable bonds is 5. The SMILES string of the molecule is CNCCC=CCC1CC2CCC1C2. The van der Waals surface area contributed by atoms with E-state index in [1.54, 1.807) is 6.42 Å². The van der Waals surface area contributed by atoms with E-state index in [9.17, 15) is 0 Å². The number of hydrogen-bond acceptors (Lipinski definition) is 1. The van der Waals surface area contributed by atoms with Gasteiger partial charge in [-0.3, -0.25) is 0 Å². The van der Waals surface area contributed by atoms with Crippen LogP contribution in [0.4, 0.5) is 0 Å². The molecule has 2 aliphatic carbocycles. The standard InChI is InChI=1S/C13H23N/c1-14-8-4-2-3-5-12-9-11-6-7-13(12)10-11/h2-3,11-14H,4-10H2,1H3. The Morgan fingerprint density at radius 2 is 2.14 bits per heavy atom. The molecule has 0 saturated heterocycles. The molecule has 1 nitrogen and oxygen atoms in total. The first-order valence-electron chi connectivity index (χ1n) is 6.19. The van der Waals surface area contributed by atoms with Crippen molar-refractivity contribution in [2.45, 2.75) is 38.5 Å². The van der Waals surface area contributed by atoms with Crippen molar-refractivity contribution in [2.75, 3.05) is 13.6 Å². The van der Waals surface area contributed by atoms with Gasteiger partial charge >= 0.3 is 0 Å². The number of nitrogens with one attached hydrogen (secondary N) is 1. The van der Waals surface area contributed by atoms with Crippen molar-refractivity contribution >= 4 is 0 Å². The second-order valence-electron chi connectivity index (χ2n) is 5.03. The minimum absolute atomic E-state index is 1.04. The zero-order valence-electron chi connectivity index (χ0n) is 9.34. The molecule has 2 bridgehead atoms. The highest BCUT2D eigenvalue weighted by Gasteiger charge is 2.38. The molecule has 2 rings (SSSR count). The zero-order valence-corrected chi connectivity index (χ0v) is 9.34. The summed E-state index contributed by atoms with van der Waals surface area (Å²) in [5.41, 5.74) is 0. The fraction of sp³-hybridized carbons (Fsp3) is 0.846. The molecule has 0 heterocycles. The van der Waals surface area contributed by atoms with Gasteiger partial charge in [-0.05, 0) is 63.5 Å². The molecule has 2 aliphatic rings. The Balaban J connectivity index is 1.64. The number of fused-ring (bicyclic) bond motifs is 2. The summed E-state index contributed by atoms with van der Waals surface area (Å²) >= 11 is 0. The van der Waals surface area contributed by atoms with Crippen LogP contribution in [0.3, 0.4) is 0 Å². The van der Waals surface area contributed by atoms with Gasteiger partial charge in [0.05, 0.1) is 0 Å². The van der Waals surface area contributed by atoms with Crippen LogP contribution in [0.25, 0.3) is 0 Å². The maximum atomic E-state index is 3.17. The Hall–Kier alpha value is -0.300. The highest BCUT2D eigenvalue weighted by atomic mass is 14.8. The molecule has 0 aromatic carbocycles. The molecule has 0 aromatic rings. The van der Waals surface area contributed by atoms with Crippen molar-refractivity contribution in [3.05, 3.63) is 12.2 Å². The molecule has 3 unspecified atom stereocenters. The van der Waals surface area contributed by atoms with Crippen molar-refractivity contribution in [3.63, 3.8) is 0 Å². The Kier molecular flexibility index (Phi) is 3.63. The van der Waals surface area contributed by atoms with Gasteiger partial charge in [0.1, 0.15) is 0 Å². The molecule has 0 amide bonds. The van der Waals surface area contributed by atoms with E-state index in [1.165, 1.54) is 32.1 Å². The molecule has 3 atom stereocenters. The van der Waals surface area contributed by atoms with Crippen LogP contribution in [0.15, 0.2) is 12.2 Å². The lowest BCUT2D eigenvalue weighted by molar-refractivity contribution is 0.336. The third kappa shape index (κ3) is 2.38. The molecule has 1 N–H and O–H groups in total. The van der Waals surface area contributed by atoms with Crippen molar-refractivity contribution in [2.24, 2.45) is 17.8 Å². The van der Waals surface area contributed by atoms with Crippen molar-refractivity contribution in [1.29, 1.82) is 0 Å². The Bertz CT molecular complexity index is 197. The molecule has 0 aromatic heterocycles. The van der Waals surface area contributed by atoms with Gasteiger partial charge in [-0.1, -0.05) is 18.6 Å². The topological polar surface area (TPSA) is 12.0 Å². The summed E-state index contributed by atoms with van der Waals surface area (Å²) in [6, 6.07) is 0. The van der Waals surface area contributed by atoms with Crippen molar-refractivity contribution in [3.8, 4) is 0 Å². The minimum Gasteiger partial charge on any atom is -0.319 e. The van der Waals surface area contributed by atoms with E-state index in [0.29, 0.717) is 0 Å². The molecule has 0 spiro atoms. The van der Waals surface area contributed by atoms with Gasteiger partial charge in [0.25, 0.3) is 0 Å². The predicted molar refractivity (Wildman–Crippen MR) is 61.2 cm³/mol. The van der Waals surface area contributed by atoms with Crippen molar-refractivity contribution < 1.29 is 0 Å². The zero-order chi connectivity index (χ0) is 9.80. The first-order chi connectivity index (χ1) is 6.90. The van der Waals surface area contributed by atoms with Gasteiger partial charge in [-0.25, -0.2) is 0 Å². The summed E-state index contributed by atoms with van der Waals surface area (Å²) in [5, 5.41) is 3.17. The first-order valence-corrected chi connectivity index (χ1v) is 6.19. The molecular formula is C13H23N. The summed E-state index contributed by atoms with van der Waals surface area (Å²) in [7, 11) is 2.02. The van der Waals surface area contributed by atoms with Crippen LogP contribution in [0.5, 0.6) is 0 Å². The Morgan fingerprint density at radius 3 is 2.79 bits per heavy atom. The summed E-state index contributed by atoms with van der Waals surface area (Å²) in [4.78, 5) is 0. The third-order valence-electron chi connectivity index (χ3n) is 4.05. The van der Waals surface area contributed by atoms with E-state index in [0.717, 1.165) is 24.3 Å². The van der Waals surface area contributed by atoms with Crippen molar-refractivity contribution in [1.82, 2.24) is 5.32 Å². The Morgan fingerprint density at radius 1 is 1.21 bits per heavy atom. The summed E-state index contributed by atoms with van der Waals surface area (Å²) in [5.74, 6) is 3.24. The van der Waals surface area contributed by atoms with Gasteiger partial charge in [0.2, 0.25) is 0 Å². The lowest BCUT2D eigenvalue weighted by Crippen LogP contribution is -2.09. The first kappa shape index (κ1) is 10.2. The minimum atomic E-state index is 1.04. The third-order valence-corrected chi connectivity index (χ3v) is 4.05. The molecule has 0 radical (unpaired) electrons. The number of hydrogen-bond donors (Lipinski definition) is 1. The maximum Gasteiger partial charge on any atom is -0.00173 e. The van der Waals surface area contributed by atoms with E-state index in [2.05, 4.69) is 17.5 Å². The summed E-state index contributed by atoms with van der Waals surface area (Å²) in [6.07, 6.45) is 13.5. The molecular weight excluding hydrogens is 170 g/mol. The molecule has 0 aliphatic heterocycles. The van der Waals surface area contributed by atoms with E-state index < -0.39 is 0 Å². The van der Waals surface area contributed by atoms with Gasteiger partial charge < -0.3 is 5.32 Å². The van der Waals surface area contributed by atoms with E-state index in [1.807, 2.05) is 7.05 Å². The number of allylic oxidation sites excluding steroid dienone is 1. The largest absolute Gasteiger partial charge is 0.319 e. The quantitative estimate of drug-likeness (QED) is 0.523. The summed E-state index contributed by atoms with van der Waals surface area (Å²) < 4.78 is 0.